The van der Waals surface area contributed by atoms with Gasteiger partial charge in [-0.15, -0.1) is 0 Å². The second-order valence-electron chi connectivity index (χ2n) is 8.51. The summed E-state index contributed by atoms with van der Waals surface area (Å²) < 4.78 is 70.9. The van der Waals surface area contributed by atoms with Crippen LogP contribution in [0.25, 0.3) is 0 Å². The Kier molecular flexibility index (Phi) is 5.36. The zero-order valence-corrected chi connectivity index (χ0v) is 17.5. The van der Waals surface area contributed by atoms with Crippen molar-refractivity contribution in [3.8, 4) is 0 Å². The van der Waals surface area contributed by atoms with Crippen LogP contribution in [0.5, 0.6) is 0 Å². The van der Waals surface area contributed by atoms with Gasteiger partial charge in [0.05, 0.1) is 5.69 Å². The van der Waals surface area contributed by atoms with Gasteiger partial charge >= 0.3 is 12.3 Å². The van der Waals surface area contributed by atoms with Crippen LogP contribution in [-0.2, 0) is 20.9 Å². The van der Waals surface area contributed by atoms with Gasteiger partial charge in [0.1, 0.15) is 16.2 Å². The van der Waals surface area contributed by atoms with E-state index in [-0.39, 0.29) is 35.5 Å². The molecule has 0 unspecified atom stereocenters. The molecular formula is C18H24F3N3O4S. The molecule has 0 saturated carbocycles. The molecule has 0 aliphatic carbocycles. The number of aryl methyl sites for hydroxylation is 1. The van der Waals surface area contributed by atoms with Gasteiger partial charge in [0.2, 0.25) is 10.0 Å². The van der Waals surface area contributed by atoms with Gasteiger partial charge in [0.15, 0.2) is 0 Å². The van der Waals surface area contributed by atoms with Crippen molar-refractivity contribution >= 4 is 16.1 Å². The number of carbonyl (C=O) groups is 1. The smallest absolute Gasteiger partial charge is 0.433 e. The number of fused-ring (bicyclic) bond motifs is 1. The Hall–Kier alpha value is -1.88. The van der Waals surface area contributed by atoms with Crippen LogP contribution in [0, 0.1) is 18.8 Å². The van der Waals surface area contributed by atoms with Crippen molar-refractivity contribution in [3.63, 3.8) is 0 Å². The zero-order valence-electron chi connectivity index (χ0n) is 16.7. The summed E-state index contributed by atoms with van der Waals surface area (Å²) in [6.45, 7) is 7.75. The number of sulfonamides is 1. The largest absolute Gasteiger partial charge is 0.444 e. The highest BCUT2D eigenvalue weighted by Crippen LogP contribution is 2.36. The van der Waals surface area contributed by atoms with Gasteiger partial charge < -0.3 is 9.64 Å². The average Bonchev–Trinajstić information content (AvgIpc) is 3.11. The molecule has 1 aromatic rings. The molecule has 1 aromatic heterocycles. The number of hydrogen-bond donors (Lipinski definition) is 0. The van der Waals surface area contributed by atoms with Crippen LogP contribution in [-0.4, -0.2) is 60.5 Å². The lowest BCUT2D eigenvalue weighted by Crippen LogP contribution is -2.38. The van der Waals surface area contributed by atoms with E-state index in [0.29, 0.717) is 19.2 Å². The van der Waals surface area contributed by atoms with E-state index in [0.717, 1.165) is 6.07 Å². The lowest BCUT2D eigenvalue weighted by Gasteiger charge is -2.26. The lowest BCUT2D eigenvalue weighted by molar-refractivity contribution is -0.141. The highest BCUT2D eigenvalue weighted by atomic mass is 32.2. The van der Waals surface area contributed by atoms with Crippen molar-refractivity contribution < 1.29 is 31.1 Å². The molecule has 2 aliphatic heterocycles. The predicted molar refractivity (Wildman–Crippen MR) is 97.5 cm³/mol. The molecule has 3 heterocycles. The van der Waals surface area contributed by atoms with Crippen molar-refractivity contribution in [1.82, 2.24) is 14.2 Å². The Morgan fingerprint density at radius 3 is 2.10 bits per heavy atom. The lowest BCUT2D eigenvalue weighted by atomic mass is 10.0. The summed E-state index contributed by atoms with van der Waals surface area (Å²) in [4.78, 5) is 17.0. The maximum absolute atomic E-state index is 12.9. The first-order chi connectivity index (χ1) is 13.2. The quantitative estimate of drug-likeness (QED) is 0.714. The topological polar surface area (TPSA) is 79.8 Å². The Balaban J connectivity index is 1.71. The van der Waals surface area contributed by atoms with Crippen LogP contribution in [0.4, 0.5) is 18.0 Å². The molecule has 11 heteroatoms. The van der Waals surface area contributed by atoms with Crippen LogP contribution >= 0.6 is 0 Å². The van der Waals surface area contributed by atoms with Gasteiger partial charge in [-0.3, -0.25) is 0 Å². The number of likely N-dealkylation sites (tertiary alicyclic amines) is 1. The molecule has 0 bridgehead atoms. The van der Waals surface area contributed by atoms with E-state index in [1.165, 1.54) is 11.2 Å². The maximum Gasteiger partial charge on any atom is 0.433 e. The number of rotatable bonds is 2. The Bertz CT molecular complexity index is 898. The van der Waals surface area contributed by atoms with E-state index in [1.807, 2.05) is 0 Å². The summed E-state index contributed by atoms with van der Waals surface area (Å²) in [6.07, 6.45) is -5.06. The zero-order chi connectivity index (χ0) is 21.8. The van der Waals surface area contributed by atoms with E-state index in [1.54, 1.807) is 25.7 Å². The summed E-state index contributed by atoms with van der Waals surface area (Å²) in [5, 5.41) is 0. The number of carbonyl (C=O) groups excluding carboxylic acids is 1. The van der Waals surface area contributed by atoms with Gasteiger partial charge in [-0.2, -0.15) is 17.5 Å². The maximum atomic E-state index is 12.9. The van der Waals surface area contributed by atoms with Crippen LogP contribution < -0.4 is 0 Å². The van der Waals surface area contributed by atoms with Gasteiger partial charge in [-0.1, -0.05) is 0 Å². The van der Waals surface area contributed by atoms with Gasteiger partial charge in [-0.25, -0.2) is 18.2 Å². The number of nitrogens with zero attached hydrogens (tertiary/aromatic N) is 3. The number of amides is 1. The number of pyridine rings is 1. The predicted octanol–water partition coefficient (Wildman–Crippen LogP) is 2.90. The summed E-state index contributed by atoms with van der Waals surface area (Å²) in [5.41, 5.74) is -1.93. The molecule has 2 aliphatic rings. The first-order valence-corrected chi connectivity index (χ1v) is 10.7. The number of hydrogen-bond acceptors (Lipinski definition) is 5. The number of alkyl halides is 3. The molecule has 0 aromatic carbocycles. The van der Waals surface area contributed by atoms with Gasteiger partial charge in [0, 0.05) is 26.2 Å². The van der Waals surface area contributed by atoms with Gasteiger partial charge in [0.25, 0.3) is 0 Å². The van der Waals surface area contributed by atoms with E-state index in [2.05, 4.69) is 4.98 Å². The fourth-order valence-electron chi connectivity index (χ4n) is 3.74. The first kappa shape index (κ1) is 21.8. The molecule has 0 N–H and O–H groups in total. The molecule has 2 saturated heterocycles. The minimum absolute atomic E-state index is 0.0417. The van der Waals surface area contributed by atoms with Crippen molar-refractivity contribution in [2.75, 3.05) is 26.2 Å². The third kappa shape index (κ3) is 4.50. The number of ether oxygens (including phenoxy) is 1. The molecule has 1 amide bonds. The summed E-state index contributed by atoms with van der Waals surface area (Å²) in [5.74, 6) is -0.0833. The molecule has 7 nitrogen and oxygen atoms in total. The Morgan fingerprint density at radius 2 is 1.66 bits per heavy atom. The van der Waals surface area contributed by atoms with Crippen molar-refractivity contribution in [1.29, 1.82) is 0 Å². The highest BCUT2D eigenvalue weighted by molar-refractivity contribution is 7.89. The molecule has 3 rings (SSSR count). The monoisotopic (exact) mass is 435 g/mol. The van der Waals surface area contributed by atoms with Gasteiger partial charge in [-0.05, 0) is 51.7 Å². The van der Waals surface area contributed by atoms with Crippen LogP contribution in [0.15, 0.2) is 17.0 Å². The Labute approximate surface area is 167 Å². The summed E-state index contributed by atoms with van der Waals surface area (Å²) in [7, 11) is -3.97. The van der Waals surface area contributed by atoms with Crippen molar-refractivity contribution in [3.05, 3.63) is 23.5 Å². The molecule has 2 fully saturated rings. The van der Waals surface area contributed by atoms with E-state index < -0.39 is 33.6 Å². The van der Waals surface area contributed by atoms with E-state index in [9.17, 15) is 26.4 Å². The minimum Gasteiger partial charge on any atom is -0.444 e. The number of aromatic nitrogens is 1. The Morgan fingerprint density at radius 1 is 1.10 bits per heavy atom. The third-order valence-corrected chi connectivity index (χ3v) is 7.02. The van der Waals surface area contributed by atoms with Crippen molar-refractivity contribution in [2.24, 2.45) is 11.8 Å². The average molecular weight is 435 g/mol. The van der Waals surface area contributed by atoms with Crippen molar-refractivity contribution in [2.45, 2.75) is 44.4 Å². The molecule has 162 valence electrons. The second-order valence-corrected chi connectivity index (χ2v) is 10.4. The summed E-state index contributed by atoms with van der Waals surface area (Å²) in [6, 6.07) is 1.64. The first-order valence-electron chi connectivity index (χ1n) is 9.21. The molecule has 0 radical (unpaired) electrons. The minimum atomic E-state index is -4.64. The number of halogens is 3. The van der Waals surface area contributed by atoms with Crippen LogP contribution in [0.2, 0.25) is 0 Å². The summed E-state index contributed by atoms with van der Waals surface area (Å²) >= 11 is 0. The van der Waals surface area contributed by atoms with Crippen LogP contribution in [0.1, 0.15) is 32.2 Å². The SMILES string of the molecule is Cc1nc(C(F)(F)F)ccc1S(=O)(=O)N1C[C@H]2CN(C(=O)OC(C)(C)C)C[C@@H]2C1. The van der Waals surface area contributed by atoms with E-state index in [4.69, 9.17) is 4.74 Å². The third-order valence-electron chi connectivity index (χ3n) is 5.05. The normalized spacial score (nSPS) is 23.3. The standard InChI is InChI=1S/C18H24F3N3O4S/c1-11-14(5-6-15(22-11)18(19,20)21)29(26,27)24-9-12-7-23(8-13(12)10-24)16(25)28-17(2,3)4/h5-6,12-13H,7-10H2,1-4H3/t12-,13-/m1/s1. The highest BCUT2D eigenvalue weighted by Gasteiger charge is 2.46. The molecule has 29 heavy (non-hydrogen) atoms. The molecule has 0 spiro atoms. The van der Waals surface area contributed by atoms with E-state index >= 15 is 0 Å². The second kappa shape index (κ2) is 7.12. The fourth-order valence-corrected chi connectivity index (χ4v) is 5.45. The van der Waals surface area contributed by atoms with Crippen LogP contribution in [0.3, 0.4) is 0 Å². The molecular weight excluding hydrogens is 411 g/mol. The molecule has 2 atom stereocenters. The fraction of sp³-hybridized carbons (Fsp3) is 0.667.